The monoisotopic (exact) mass is 435 g/mol. The number of rotatable bonds is 6. The van der Waals surface area contributed by atoms with Gasteiger partial charge in [0.15, 0.2) is 0 Å². The van der Waals surface area contributed by atoms with E-state index in [2.05, 4.69) is 16.1 Å². The minimum Gasteiger partial charge on any atom is -0.478 e. The summed E-state index contributed by atoms with van der Waals surface area (Å²) >= 11 is 6.03. The van der Waals surface area contributed by atoms with Gasteiger partial charge in [0.25, 0.3) is 5.91 Å². The van der Waals surface area contributed by atoms with Crippen LogP contribution in [0.15, 0.2) is 78.0 Å². The molecule has 1 amide bonds. The number of hydrogen-bond acceptors (Lipinski definition) is 3. The Kier molecular flexibility index (Phi) is 5.82. The standard InChI is InChI=1S/C24H22ClN3O3/c1-27(20-11-7-18(8-12-20)24(30)31)26-23(29)21-4-2-3-17-13-14-28(22(17)21)15-16-5-9-19(25)10-6-16/h2-5,7-14,16H,6,15H2,1H3,(H,26,29)(H,30,31). The summed E-state index contributed by atoms with van der Waals surface area (Å²) in [6.07, 6.45) is 8.89. The molecule has 0 radical (unpaired) electrons. The average Bonchev–Trinajstić information content (AvgIpc) is 3.18. The fourth-order valence-electron chi connectivity index (χ4n) is 3.73. The number of hydrogen-bond donors (Lipinski definition) is 2. The molecule has 1 atom stereocenters. The maximum Gasteiger partial charge on any atom is 0.335 e. The van der Waals surface area contributed by atoms with Crippen LogP contribution in [0.4, 0.5) is 5.69 Å². The Morgan fingerprint density at radius 1 is 1.19 bits per heavy atom. The molecule has 2 N–H and O–H groups in total. The van der Waals surface area contributed by atoms with Crippen molar-refractivity contribution in [3.05, 3.63) is 89.1 Å². The Labute approximate surface area is 185 Å². The number of para-hydroxylation sites is 1. The molecular formula is C24H22ClN3O3. The maximum absolute atomic E-state index is 13.1. The van der Waals surface area contributed by atoms with Gasteiger partial charge in [0.05, 0.1) is 22.3 Å². The quantitative estimate of drug-likeness (QED) is 0.544. The Hall–Kier alpha value is -3.51. The number of nitrogens with one attached hydrogen (secondary N) is 1. The van der Waals surface area contributed by atoms with Gasteiger partial charge in [0, 0.05) is 30.2 Å². The van der Waals surface area contributed by atoms with Crippen molar-refractivity contribution in [2.24, 2.45) is 5.92 Å². The minimum atomic E-state index is -0.990. The number of carbonyl (C=O) groups excluding carboxylic acids is 1. The van der Waals surface area contributed by atoms with Crippen molar-refractivity contribution in [2.45, 2.75) is 13.0 Å². The number of amides is 1. The van der Waals surface area contributed by atoms with E-state index in [-0.39, 0.29) is 11.5 Å². The van der Waals surface area contributed by atoms with Crippen molar-refractivity contribution in [3.63, 3.8) is 0 Å². The summed E-state index contributed by atoms with van der Waals surface area (Å²) in [5, 5.41) is 12.4. The topological polar surface area (TPSA) is 74.6 Å². The number of benzene rings is 2. The van der Waals surface area contributed by atoms with Crippen molar-refractivity contribution in [1.82, 2.24) is 9.99 Å². The zero-order valence-corrected chi connectivity index (χ0v) is 17.7. The van der Waals surface area contributed by atoms with E-state index in [1.54, 1.807) is 24.2 Å². The zero-order valence-electron chi connectivity index (χ0n) is 17.0. The number of carboxylic acids is 1. The number of halogens is 1. The molecule has 0 fully saturated rings. The zero-order chi connectivity index (χ0) is 22.0. The molecule has 0 spiro atoms. The van der Waals surface area contributed by atoms with E-state index >= 15 is 0 Å². The molecule has 6 nitrogen and oxygen atoms in total. The van der Waals surface area contributed by atoms with Crippen molar-refractivity contribution in [3.8, 4) is 0 Å². The van der Waals surface area contributed by atoms with Crippen molar-refractivity contribution >= 4 is 40.1 Å². The van der Waals surface area contributed by atoms with Crippen LogP contribution in [0.3, 0.4) is 0 Å². The molecule has 3 aromatic rings. The lowest BCUT2D eigenvalue weighted by atomic mass is 10.0. The summed E-state index contributed by atoms with van der Waals surface area (Å²) < 4.78 is 2.11. The van der Waals surface area contributed by atoms with E-state index < -0.39 is 5.97 Å². The Balaban J connectivity index is 1.55. The van der Waals surface area contributed by atoms with Gasteiger partial charge >= 0.3 is 5.97 Å². The summed E-state index contributed by atoms with van der Waals surface area (Å²) in [6.45, 7) is 0.747. The largest absolute Gasteiger partial charge is 0.478 e. The van der Waals surface area contributed by atoms with Crippen LogP contribution in [0.1, 0.15) is 27.1 Å². The van der Waals surface area contributed by atoms with E-state index in [0.29, 0.717) is 17.2 Å². The molecule has 0 saturated heterocycles. The van der Waals surface area contributed by atoms with Gasteiger partial charge in [-0.1, -0.05) is 35.9 Å². The third kappa shape index (κ3) is 4.49. The van der Waals surface area contributed by atoms with Crippen LogP contribution in [0.5, 0.6) is 0 Å². The first-order valence-corrected chi connectivity index (χ1v) is 10.3. The number of anilines is 1. The molecular weight excluding hydrogens is 414 g/mol. The van der Waals surface area contributed by atoms with Crippen LogP contribution >= 0.6 is 11.6 Å². The highest BCUT2D eigenvalue weighted by Gasteiger charge is 2.17. The van der Waals surface area contributed by atoms with Gasteiger partial charge in [0.2, 0.25) is 0 Å². The fourth-order valence-corrected chi connectivity index (χ4v) is 3.89. The predicted molar refractivity (Wildman–Crippen MR) is 122 cm³/mol. The van der Waals surface area contributed by atoms with Gasteiger partial charge < -0.3 is 9.67 Å². The van der Waals surface area contributed by atoms with Gasteiger partial charge in [0.1, 0.15) is 0 Å². The number of nitrogens with zero attached hydrogens (tertiary/aromatic N) is 2. The molecule has 1 heterocycles. The van der Waals surface area contributed by atoms with Crippen molar-refractivity contribution in [1.29, 1.82) is 0 Å². The van der Waals surface area contributed by atoms with Gasteiger partial charge in [-0.2, -0.15) is 0 Å². The van der Waals surface area contributed by atoms with Crippen LogP contribution in [-0.4, -0.2) is 28.6 Å². The highest BCUT2D eigenvalue weighted by molar-refractivity contribution is 6.31. The first kappa shape index (κ1) is 20.8. The highest BCUT2D eigenvalue weighted by Crippen LogP contribution is 2.25. The molecule has 2 aromatic carbocycles. The molecule has 1 aromatic heterocycles. The van der Waals surface area contributed by atoms with Crippen molar-refractivity contribution in [2.75, 3.05) is 12.1 Å². The van der Waals surface area contributed by atoms with E-state index in [0.717, 1.165) is 28.9 Å². The molecule has 1 aliphatic carbocycles. The SMILES string of the molecule is CN(NC(=O)c1cccc2ccn(CC3C=CC(Cl)=CC3)c12)c1ccc(C(=O)O)cc1. The van der Waals surface area contributed by atoms with Gasteiger partial charge in [-0.25, -0.2) is 4.79 Å². The molecule has 31 heavy (non-hydrogen) atoms. The van der Waals surface area contributed by atoms with E-state index in [1.165, 1.54) is 12.1 Å². The summed E-state index contributed by atoms with van der Waals surface area (Å²) in [6, 6.07) is 14.0. The van der Waals surface area contributed by atoms with Crippen LogP contribution in [0, 0.1) is 5.92 Å². The van der Waals surface area contributed by atoms with Crippen LogP contribution < -0.4 is 10.4 Å². The second-order valence-electron chi connectivity index (χ2n) is 7.51. The number of carboxylic acid groups (broad SMARTS) is 1. The van der Waals surface area contributed by atoms with Gasteiger partial charge in [-0.15, -0.1) is 0 Å². The average molecular weight is 436 g/mol. The van der Waals surface area contributed by atoms with E-state index in [9.17, 15) is 9.59 Å². The molecule has 1 unspecified atom stereocenters. The molecule has 7 heteroatoms. The number of allylic oxidation sites excluding steroid dienone is 4. The normalized spacial score (nSPS) is 15.5. The molecule has 158 valence electrons. The lowest BCUT2D eigenvalue weighted by Gasteiger charge is -2.21. The first-order valence-electron chi connectivity index (χ1n) is 9.92. The summed E-state index contributed by atoms with van der Waals surface area (Å²) in [5.41, 5.74) is 5.20. The fraction of sp³-hybridized carbons (Fsp3) is 0.167. The number of aromatic nitrogens is 1. The second-order valence-corrected chi connectivity index (χ2v) is 7.94. The lowest BCUT2D eigenvalue weighted by molar-refractivity contribution is 0.0696. The third-order valence-corrected chi connectivity index (χ3v) is 5.66. The van der Waals surface area contributed by atoms with Crippen LogP contribution in [0.2, 0.25) is 0 Å². The lowest BCUT2D eigenvalue weighted by Crippen LogP contribution is -2.39. The number of hydrazine groups is 1. The second kappa shape index (κ2) is 8.70. The summed E-state index contributed by atoms with van der Waals surface area (Å²) in [4.78, 5) is 24.1. The highest BCUT2D eigenvalue weighted by atomic mass is 35.5. The maximum atomic E-state index is 13.1. The smallest absolute Gasteiger partial charge is 0.335 e. The Bertz CT molecular complexity index is 1190. The molecule has 0 bridgehead atoms. The number of fused-ring (bicyclic) bond motifs is 1. The molecule has 0 saturated carbocycles. The predicted octanol–water partition coefficient (Wildman–Crippen LogP) is 4.82. The molecule has 4 rings (SSSR count). The number of aromatic carboxylic acids is 1. The van der Waals surface area contributed by atoms with Crippen LogP contribution in [-0.2, 0) is 6.54 Å². The first-order chi connectivity index (χ1) is 14.9. The summed E-state index contributed by atoms with van der Waals surface area (Å²) in [5.74, 6) is -0.918. The van der Waals surface area contributed by atoms with Crippen LogP contribution in [0.25, 0.3) is 10.9 Å². The van der Waals surface area contributed by atoms with Gasteiger partial charge in [-0.3, -0.25) is 15.2 Å². The Morgan fingerprint density at radius 2 is 1.97 bits per heavy atom. The van der Waals surface area contributed by atoms with Gasteiger partial charge in [-0.05, 0) is 54.8 Å². The molecule has 1 aliphatic rings. The molecule has 0 aliphatic heterocycles. The van der Waals surface area contributed by atoms with E-state index in [1.807, 2.05) is 42.6 Å². The summed E-state index contributed by atoms with van der Waals surface area (Å²) in [7, 11) is 1.72. The minimum absolute atomic E-state index is 0.193. The number of carbonyl (C=O) groups is 2. The van der Waals surface area contributed by atoms with Crippen molar-refractivity contribution < 1.29 is 14.7 Å². The Morgan fingerprint density at radius 3 is 2.65 bits per heavy atom. The van der Waals surface area contributed by atoms with E-state index in [4.69, 9.17) is 16.7 Å². The third-order valence-electron chi connectivity index (χ3n) is 5.38.